The molecule has 0 aliphatic heterocycles. The summed E-state index contributed by atoms with van der Waals surface area (Å²) in [6.07, 6.45) is 0. The fraction of sp³-hybridized carbons (Fsp3) is 0.0222. The van der Waals surface area contributed by atoms with Crippen LogP contribution >= 0.6 is 0 Å². The van der Waals surface area contributed by atoms with Crippen LogP contribution in [0.3, 0.4) is 0 Å². The van der Waals surface area contributed by atoms with Crippen LogP contribution in [0.5, 0.6) is 11.5 Å². The summed E-state index contributed by atoms with van der Waals surface area (Å²) in [5, 5.41) is 23.8. The Bertz CT molecular complexity index is 2980. The second-order valence-corrected chi connectivity index (χ2v) is 13.4. The third kappa shape index (κ3) is 5.97. The molecule has 0 saturated heterocycles. The number of nitrogens with zero attached hydrogens (tertiary/aromatic N) is 2. The van der Waals surface area contributed by atoms with E-state index in [-0.39, 0.29) is 32.5 Å². The molecule has 8 rings (SSSR count). The average Bonchev–Trinajstić information content (AvgIpc) is 3.61. The molecule has 0 atom stereocenters. The van der Waals surface area contributed by atoms with Gasteiger partial charge in [-0.2, -0.15) is 0 Å². The summed E-state index contributed by atoms with van der Waals surface area (Å²) in [7, 11) is 40.9. The minimum atomic E-state index is -0.579. The maximum atomic E-state index is 11.3. The van der Waals surface area contributed by atoms with E-state index >= 15 is 0 Å². The van der Waals surface area contributed by atoms with E-state index in [1.165, 1.54) is 0 Å². The van der Waals surface area contributed by atoms with Gasteiger partial charge < -0.3 is 0 Å². The van der Waals surface area contributed by atoms with Crippen LogP contribution in [0.1, 0.15) is 6.92 Å². The fourth-order valence-corrected chi connectivity index (χ4v) is 7.43. The molecule has 0 aliphatic carbocycles. The van der Waals surface area contributed by atoms with Gasteiger partial charge >= 0.3 is 328 Å². The van der Waals surface area contributed by atoms with Crippen LogP contribution in [0.15, 0.2) is 144 Å². The Kier molecular flexibility index (Phi) is 9.30. The zero-order chi connectivity index (χ0) is 38.5. The molecule has 1 aromatic heterocycles. The Morgan fingerprint density at radius 3 is 1.80 bits per heavy atom. The van der Waals surface area contributed by atoms with Crippen LogP contribution < -0.4 is 16.1 Å². The van der Waals surface area contributed by atoms with Crippen molar-refractivity contribution in [3.63, 3.8) is 0 Å². The zero-order valence-corrected chi connectivity index (χ0v) is 30.0. The summed E-state index contributed by atoms with van der Waals surface area (Å²) in [6.45, 7) is 1.65. The maximum absolute atomic E-state index is 11.3. The van der Waals surface area contributed by atoms with Crippen LogP contribution in [-0.2, 0) is 0 Å². The van der Waals surface area contributed by atoms with E-state index in [4.69, 9.17) is 51.7 Å². The van der Waals surface area contributed by atoms with Gasteiger partial charge in [0.05, 0.1) is 0 Å². The van der Waals surface area contributed by atoms with Crippen molar-refractivity contribution in [2.24, 2.45) is 0 Å². The first-order valence-corrected chi connectivity index (χ1v) is 17.6. The zero-order valence-electron chi connectivity index (χ0n) is 30.0. The summed E-state index contributed by atoms with van der Waals surface area (Å²) in [4.78, 5) is 5.02. The molecule has 0 fully saturated rings. The van der Waals surface area contributed by atoms with Gasteiger partial charge in [0.25, 0.3) is 0 Å². The quantitative estimate of drug-likeness (QED) is 0.164. The summed E-state index contributed by atoms with van der Waals surface area (Å²) in [5.41, 5.74) is 7.58. The van der Waals surface area contributed by atoms with Gasteiger partial charge in [0.1, 0.15) is 0 Å². The number of aromatic hydroxyl groups is 2. The monoisotopic (exact) mass is 693 g/mol. The van der Waals surface area contributed by atoms with Gasteiger partial charge in [-0.05, 0) is 0 Å². The van der Waals surface area contributed by atoms with E-state index in [1.54, 1.807) is 6.92 Å². The number of hydrogen-bond acceptors (Lipinski definition) is 3. The molecule has 11 radical (unpaired) electrons. The number of imidazole rings is 1. The Morgan fingerprint density at radius 1 is 0.600 bits per heavy atom. The summed E-state index contributed by atoms with van der Waals surface area (Å²) in [5.74, 6) is -0.411. The van der Waals surface area contributed by atoms with Gasteiger partial charge in [0, 0.05) is 0 Å². The molecule has 2 N–H and O–H groups in total. The SMILES string of the molecule is [B]/C(C)=C([B])/C([B])=c1/c(-c2cccc(-n3c(-c4ccccc4)nc4ccccc43)c2)c2c([B])c(O)c(O)c([B])c2c(-c2ccccc2-c2ccccc2)c1=[B]. The molecule has 4 nitrogen and oxygen atoms in total. The molecule has 55 heavy (non-hydrogen) atoms. The summed E-state index contributed by atoms with van der Waals surface area (Å²) in [6, 6.07) is 43.1. The molecule has 0 bridgehead atoms. The predicted molar refractivity (Wildman–Crippen MR) is 232 cm³/mol. The van der Waals surface area contributed by atoms with Crippen LogP contribution in [0.25, 0.3) is 77.7 Å². The number of rotatable bonds is 6. The van der Waals surface area contributed by atoms with Crippen molar-refractivity contribution in [3.05, 3.63) is 155 Å². The number of benzene rings is 7. The summed E-state index contributed by atoms with van der Waals surface area (Å²) < 4.78 is 2.08. The molecule has 0 spiro atoms. The number of fused-ring (bicyclic) bond motifs is 2. The molecule has 8 aromatic rings. The predicted octanol–water partition coefficient (Wildman–Crippen LogP) is 6.11. The first-order chi connectivity index (χ1) is 26.6. The van der Waals surface area contributed by atoms with Crippen molar-refractivity contribution < 1.29 is 10.2 Å². The van der Waals surface area contributed by atoms with Gasteiger partial charge in [0.2, 0.25) is 0 Å². The van der Waals surface area contributed by atoms with Crippen LogP contribution in [-0.4, -0.2) is 66.5 Å². The number of para-hydroxylation sites is 2. The van der Waals surface area contributed by atoms with Crippen molar-refractivity contribution in [1.82, 2.24) is 9.55 Å². The van der Waals surface area contributed by atoms with Crippen LogP contribution in [0.2, 0.25) is 0 Å². The van der Waals surface area contributed by atoms with Crippen molar-refractivity contribution in [2.75, 3.05) is 0 Å². The number of phenols is 2. The summed E-state index contributed by atoms with van der Waals surface area (Å²) >= 11 is 0. The third-order valence-corrected chi connectivity index (χ3v) is 10.1. The molecule has 0 saturated carbocycles. The molecule has 0 aliphatic rings. The van der Waals surface area contributed by atoms with Gasteiger partial charge in [-0.15, -0.1) is 0 Å². The average molecular weight is 693 g/mol. The van der Waals surface area contributed by atoms with Gasteiger partial charge in [-0.1, -0.05) is 0 Å². The Balaban J connectivity index is 1.56. The Hall–Kier alpha value is -6.13. The van der Waals surface area contributed by atoms with E-state index in [9.17, 15) is 10.2 Å². The Morgan fingerprint density at radius 2 is 1.15 bits per heavy atom. The normalized spacial score (nSPS) is 12.5. The second-order valence-electron chi connectivity index (χ2n) is 13.4. The number of aromatic nitrogens is 2. The van der Waals surface area contributed by atoms with E-state index in [2.05, 4.69) is 4.57 Å². The molecule has 247 valence electrons. The molecule has 1 heterocycles. The first-order valence-electron chi connectivity index (χ1n) is 17.6. The van der Waals surface area contributed by atoms with Gasteiger partial charge in [-0.25, -0.2) is 0 Å². The third-order valence-electron chi connectivity index (χ3n) is 10.1. The molecular weight excluding hydrogens is 665 g/mol. The van der Waals surface area contributed by atoms with E-state index < -0.39 is 11.5 Å². The fourth-order valence-electron chi connectivity index (χ4n) is 7.43. The molecular formula is C45H27B6N2O2. The Labute approximate surface area is 327 Å². The minimum absolute atomic E-state index is 0.0989. The molecule has 7 aromatic carbocycles. The molecule has 10 heteroatoms. The molecule has 0 unspecified atom stereocenters. The number of allylic oxidation sites excluding steroid dienone is 2. The number of phenolic OH excluding ortho intramolecular Hbond substituents is 2. The second kappa shape index (κ2) is 14.3. The van der Waals surface area contributed by atoms with Gasteiger partial charge in [0.15, 0.2) is 0 Å². The first kappa shape index (κ1) is 35.9. The topological polar surface area (TPSA) is 58.3 Å². The van der Waals surface area contributed by atoms with Crippen LogP contribution in [0.4, 0.5) is 0 Å². The van der Waals surface area contributed by atoms with Crippen LogP contribution in [0, 0.1) is 5.11 Å². The van der Waals surface area contributed by atoms with E-state index in [1.807, 2.05) is 133 Å². The van der Waals surface area contributed by atoms with E-state index in [0.717, 1.165) is 39.2 Å². The standard InChI is InChI=1S/C45H27B6N2O2/c1-24(46)38(47)40(49)37-33(27-17-12-18-28(23-27)53-32-22-11-10-21-31(32)52-45(53)26-15-6-3-7-16-26)35-36(42(51)44(55)43(54)41(35)50)34(39(37)48)30-20-9-8-19-29(30)25-13-4-2-5-14-25/h2-23,54-55H,1H3/b38-24-,40-37+. The van der Waals surface area contributed by atoms with Crippen molar-refractivity contribution >= 4 is 84.9 Å². The molecule has 0 amide bonds. The van der Waals surface area contributed by atoms with Crippen molar-refractivity contribution in [3.8, 4) is 62.0 Å². The van der Waals surface area contributed by atoms with Crippen molar-refractivity contribution in [2.45, 2.75) is 6.92 Å². The van der Waals surface area contributed by atoms with E-state index in [0.29, 0.717) is 38.2 Å². The van der Waals surface area contributed by atoms with Crippen molar-refractivity contribution in [1.29, 1.82) is 0 Å². The van der Waals surface area contributed by atoms with Gasteiger partial charge in [-0.3, -0.25) is 0 Å². The number of hydrogen-bond donors (Lipinski definition) is 2.